The van der Waals surface area contributed by atoms with E-state index in [4.69, 9.17) is 9.57 Å². The molecule has 5 rings (SSSR count). The number of carbonyl (C=O) groups excluding carboxylic acids is 1. The number of amides is 1. The van der Waals surface area contributed by atoms with Gasteiger partial charge in [0.05, 0.1) is 23.4 Å². The van der Waals surface area contributed by atoms with Gasteiger partial charge in [0, 0.05) is 36.3 Å². The third-order valence-electron chi connectivity index (χ3n) is 6.49. The fourth-order valence-electron chi connectivity index (χ4n) is 4.29. The van der Waals surface area contributed by atoms with Gasteiger partial charge in [-0.15, -0.1) is 11.3 Å². The number of ether oxygens (including phenoxy) is 1. The Kier molecular flexibility index (Phi) is 7.47. The molecule has 2 saturated carbocycles. The summed E-state index contributed by atoms with van der Waals surface area (Å²) >= 11 is 1.43. The van der Waals surface area contributed by atoms with Crippen LogP contribution in [0.25, 0.3) is 0 Å². The summed E-state index contributed by atoms with van der Waals surface area (Å²) in [6, 6.07) is 6.34. The average molecular weight is 519 g/mol. The lowest BCUT2D eigenvalue weighted by molar-refractivity contribution is -0.110. The Hall–Kier alpha value is -2.34. The Labute approximate surface area is 209 Å². The molecule has 1 aromatic heterocycles. The van der Waals surface area contributed by atoms with Crippen LogP contribution in [0.1, 0.15) is 49.0 Å². The minimum absolute atomic E-state index is 0.00712. The third kappa shape index (κ3) is 6.08. The predicted octanol–water partition coefficient (Wildman–Crippen LogP) is 3.21. The van der Waals surface area contributed by atoms with Crippen molar-refractivity contribution in [2.45, 2.75) is 61.3 Å². The van der Waals surface area contributed by atoms with E-state index in [9.17, 15) is 13.2 Å². The molecule has 0 atom stereocenters. The molecule has 1 aliphatic heterocycles. The number of benzene rings is 1. The van der Waals surface area contributed by atoms with Crippen LogP contribution in [0.15, 0.2) is 40.5 Å². The number of oxime groups is 1. The van der Waals surface area contributed by atoms with Gasteiger partial charge in [-0.25, -0.2) is 13.4 Å². The van der Waals surface area contributed by atoms with Crippen molar-refractivity contribution in [1.29, 1.82) is 0 Å². The van der Waals surface area contributed by atoms with E-state index >= 15 is 0 Å². The highest BCUT2D eigenvalue weighted by atomic mass is 32.2. The van der Waals surface area contributed by atoms with Crippen molar-refractivity contribution in [3.05, 3.63) is 40.9 Å². The van der Waals surface area contributed by atoms with Crippen LogP contribution >= 0.6 is 11.3 Å². The summed E-state index contributed by atoms with van der Waals surface area (Å²) in [4.78, 5) is 26.9. The van der Waals surface area contributed by atoms with Crippen molar-refractivity contribution in [1.82, 2.24) is 9.88 Å². The van der Waals surface area contributed by atoms with Crippen molar-refractivity contribution in [3.8, 4) is 0 Å². The minimum atomic E-state index is -3.30. The van der Waals surface area contributed by atoms with Crippen LogP contribution in [0.2, 0.25) is 0 Å². The number of carbonyl (C=O) groups is 1. The Morgan fingerprint density at radius 3 is 2.54 bits per heavy atom. The number of morpholine rings is 1. The van der Waals surface area contributed by atoms with Crippen molar-refractivity contribution in [3.63, 3.8) is 0 Å². The first-order chi connectivity index (χ1) is 17.0. The van der Waals surface area contributed by atoms with E-state index in [1.807, 2.05) is 0 Å². The summed E-state index contributed by atoms with van der Waals surface area (Å²) < 4.78 is 30.5. The van der Waals surface area contributed by atoms with Gasteiger partial charge in [-0.2, -0.15) is 0 Å². The van der Waals surface area contributed by atoms with E-state index in [0.29, 0.717) is 23.5 Å². The number of nitrogens with one attached hydrogen (secondary N) is 1. The first-order valence-electron chi connectivity index (χ1n) is 12.1. The average Bonchev–Trinajstić information content (AvgIpc) is 3.45. The number of sulfone groups is 1. The number of thiazole rings is 1. The number of nitrogens with zero attached hydrogens (tertiary/aromatic N) is 3. The fraction of sp³-hybridized carbons (Fsp3) is 0.542. The van der Waals surface area contributed by atoms with E-state index in [-0.39, 0.29) is 22.0 Å². The van der Waals surface area contributed by atoms with Gasteiger partial charge in [-0.3, -0.25) is 15.0 Å². The zero-order valence-electron chi connectivity index (χ0n) is 19.5. The molecule has 1 amide bonds. The molecule has 35 heavy (non-hydrogen) atoms. The molecule has 2 aliphatic carbocycles. The summed E-state index contributed by atoms with van der Waals surface area (Å²) in [5, 5.41) is 7.27. The third-order valence-corrected chi connectivity index (χ3v) is 9.66. The summed E-state index contributed by atoms with van der Waals surface area (Å²) in [6.07, 6.45) is 7.17. The largest absolute Gasteiger partial charge is 0.392 e. The molecule has 0 spiro atoms. The van der Waals surface area contributed by atoms with Crippen LogP contribution in [0, 0.1) is 0 Å². The number of anilines is 1. The maximum absolute atomic E-state index is 13.2. The van der Waals surface area contributed by atoms with Gasteiger partial charge in [0.25, 0.3) is 5.91 Å². The van der Waals surface area contributed by atoms with Gasteiger partial charge in [0.15, 0.2) is 20.7 Å². The van der Waals surface area contributed by atoms with Gasteiger partial charge in [-0.05, 0) is 50.7 Å². The summed E-state index contributed by atoms with van der Waals surface area (Å²) in [7, 11) is -3.30. The molecule has 2 aromatic rings. The first-order valence-corrected chi connectivity index (χ1v) is 14.5. The molecular weight excluding hydrogens is 488 g/mol. The Morgan fingerprint density at radius 2 is 1.86 bits per heavy atom. The lowest BCUT2D eigenvalue weighted by Gasteiger charge is -2.25. The van der Waals surface area contributed by atoms with E-state index in [1.165, 1.54) is 11.3 Å². The van der Waals surface area contributed by atoms with Crippen LogP contribution in [0.4, 0.5) is 5.13 Å². The molecule has 1 aromatic carbocycles. The SMILES string of the molecule is O=C(Nc1ncc(CN2CCOCC2)s1)/C(=N/OC1CCCC1)c1ccc(S(=O)(=O)C2CC2)cc1. The van der Waals surface area contributed by atoms with Crippen molar-refractivity contribution in [2.75, 3.05) is 31.6 Å². The summed E-state index contributed by atoms with van der Waals surface area (Å²) in [6.45, 7) is 3.97. The normalized spacial score (nSPS) is 20.2. The van der Waals surface area contributed by atoms with Crippen molar-refractivity contribution in [2.24, 2.45) is 5.16 Å². The monoisotopic (exact) mass is 518 g/mol. The van der Waals surface area contributed by atoms with Gasteiger partial charge < -0.3 is 9.57 Å². The number of hydrogen-bond acceptors (Lipinski definition) is 9. The second-order valence-corrected chi connectivity index (χ2v) is 12.5. The lowest BCUT2D eigenvalue weighted by Crippen LogP contribution is -2.35. The van der Waals surface area contributed by atoms with Crippen LogP contribution in [0.3, 0.4) is 0 Å². The smallest absolute Gasteiger partial charge is 0.280 e. The first kappa shape index (κ1) is 24.4. The fourth-order valence-corrected chi connectivity index (χ4v) is 6.80. The van der Waals surface area contributed by atoms with Crippen molar-refractivity contribution >= 4 is 37.9 Å². The molecule has 0 radical (unpaired) electrons. The number of aromatic nitrogens is 1. The molecule has 3 fully saturated rings. The molecule has 2 heterocycles. The highest BCUT2D eigenvalue weighted by molar-refractivity contribution is 7.92. The topological polar surface area (TPSA) is 110 Å². The Balaban J connectivity index is 1.31. The van der Waals surface area contributed by atoms with Crippen LogP contribution in [-0.4, -0.2) is 67.6 Å². The highest BCUT2D eigenvalue weighted by Gasteiger charge is 2.36. The van der Waals surface area contributed by atoms with E-state index in [0.717, 1.165) is 63.4 Å². The summed E-state index contributed by atoms with van der Waals surface area (Å²) in [5.41, 5.74) is 0.609. The number of hydrogen-bond donors (Lipinski definition) is 1. The lowest BCUT2D eigenvalue weighted by atomic mass is 10.1. The molecule has 0 unspecified atom stereocenters. The Morgan fingerprint density at radius 1 is 1.14 bits per heavy atom. The maximum atomic E-state index is 13.2. The zero-order valence-corrected chi connectivity index (χ0v) is 21.2. The maximum Gasteiger partial charge on any atom is 0.280 e. The molecule has 1 N–H and O–H groups in total. The van der Waals surface area contributed by atoms with Crippen molar-refractivity contribution < 1.29 is 22.8 Å². The van der Waals surface area contributed by atoms with Gasteiger partial charge in [0.1, 0.15) is 6.10 Å². The van der Waals surface area contributed by atoms with E-state index in [2.05, 4.69) is 20.4 Å². The van der Waals surface area contributed by atoms with E-state index < -0.39 is 15.7 Å². The van der Waals surface area contributed by atoms with E-state index in [1.54, 1.807) is 30.5 Å². The molecule has 188 valence electrons. The van der Waals surface area contributed by atoms with Gasteiger partial charge in [0.2, 0.25) is 0 Å². The van der Waals surface area contributed by atoms with Crippen LogP contribution < -0.4 is 5.32 Å². The molecule has 3 aliphatic rings. The second kappa shape index (κ2) is 10.7. The molecule has 1 saturated heterocycles. The molecule has 0 bridgehead atoms. The number of rotatable bonds is 9. The minimum Gasteiger partial charge on any atom is -0.392 e. The molecule has 9 nitrogen and oxygen atoms in total. The second-order valence-electron chi connectivity index (χ2n) is 9.19. The zero-order chi connectivity index (χ0) is 24.3. The summed E-state index contributed by atoms with van der Waals surface area (Å²) in [5.74, 6) is -0.437. The van der Waals surface area contributed by atoms with Crippen LogP contribution in [0.5, 0.6) is 0 Å². The Bertz CT molecular complexity index is 1160. The quantitative estimate of drug-likeness (QED) is 0.401. The molecule has 11 heteroatoms. The standard InChI is InChI=1S/C24H30N4O5S2/c29-23(26-24-25-15-19(34-24)16-28-11-13-32-14-12-28)22(27-33-18-3-1-2-4-18)17-5-7-20(8-6-17)35(30,31)21-9-10-21/h5-8,15,18,21H,1-4,9-14,16H2,(H,25,26,29)/b27-22+. The predicted molar refractivity (Wildman–Crippen MR) is 133 cm³/mol. The highest BCUT2D eigenvalue weighted by Crippen LogP contribution is 2.33. The molecular formula is C24H30N4O5S2. The van der Waals surface area contributed by atoms with Gasteiger partial charge in [-0.1, -0.05) is 17.3 Å². The van der Waals surface area contributed by atoms with Gasteiger partial charge >= 0.3 is 0 Å². The van der Waals surface area contributed by atoms with Crippen LogP contribution in [-0.2, 0) is 30.8 Å².